The van der Waals surface area contributed by atoms with Gasteiger partial charge in [0, 0.05) is 29.8 Å². The van der Waals surface area contributed by atoms with E-state index in [2.05, 4.69) is 15.5 Å². The average Bonchev–Trinajstić information content (AvgIpc) is 2.69. The number of aryl methyl sites for hydroxylation is 1. The lowest BCUT2D eigenvalue weighted by molar-refractivity contribution is 0.631. The van der Waals surface area contributed by atoms with Crippen molar-refractivity contribution in [3.63, 3.8) is 0 Å². The molecule has 0 unspecified atom stereocenters. The molecule has 1 aromatic heterocycles. The van der Waals surface area contributed by atoms with E-state index in [4.69, 9.17) is 0 Å². The fourth-order valence-electron chi connectivity index (χ4n) is 1.93. The Labute approximate surface area is 100 Å². The summed E-state index contributed by atoms with van der Waals surface area (Å²) in [5.41, 5.74) is 3.31. The van der Waals surface area contributed by atoms with Crippen LogP contribution >= 0.6 is 0 Å². The SMILES string of the molecule is CNCCc1n[nH]c(C)c1-c1ccccc1F. The molecule has 0 radical (unpaired) electrons. The zero-order valence-electron chi connectivity index (χ0n) is 10.0. The van der Waals surface area contributed by atoms with E-state index in [1.54, 1.807) is 12.1 Å². The van der Waals surface area contributed by atoms with Gasteiger partial charge in [-0.2, -0.15) is 5.10 Å². The highest BCUT2D eigenvalue weighted by Gasteiger charge is 2.14. The van der Waals surface area contributed by atoms with Gasteiger partial charge in [0.1, 0.15) is 5.82 Å². The highest BCUT2D eigenvalue weighted by atomic mass is 19.1. The summed E-state index contributed by atoms with van der Waals surface area (Å²) in [5.74, 6) is -0.206. The third kappa shape index (κ3) is 2.36. The maximum Gasteiger partial charge on any atom is 0.131 e. The van der Waals surface area contributed by atoms with Crippen LogP contribution in [0.1, 0.15) is 11.4 Å². The number of nitrogens with one attached hydrogen (secondary N) is 2. The Balaban J connectivity index is 2.44. The molecule has 2 N–H and O–H groups in total. The molecule has 0 atom stereocenters. The molecule has 0 aliphatic carbocycles. The van der Waals surface area contributed by atoms with Gasteiger partial charge in [-0.1, -0.05) is 18.2 Å². The molecule has 2 rings (SSSR count). The second-order valence-corrected chi connectivity index (χ2v) is 4.00. The van der Waals surface area contributed by atoms with Gasteiger partial charge in [0.25, 0.3) is 0 Å². The molecule has 17 heavy (non-hydrogen) atoms. The Morgan fingerprint density at radius 3 is 2.82 bits per heavy atom. The van der Waals surface area contributed by atoms with E-state index in [-0.39, 0.29) is 5.82 Å². The molecule has 0 fully saturated rings. The Morgan fingerprint density at radius 1 is 1.35 bits per heavy atom. The molecule has 3 nitrogen and oxygen atoms in total. The molecule has 0 saturated carbocycles. The summed E-state index contributed by atoms with van der Waals surface area (Å²) in [6.07, 6.45) is 0.782. The number of hydrogen-bond donors (Lipinski definition) is 2. The number of benzene rings is 1. The summed E-state index contributed by atoms with van der Waals surface area (Å²) in [5, 5.41) is 10.2. The fourth-order valence-corrected chi connectivity index (χ4v) is 1.93. The molecule has 0 saturated heterocycles. The lowest BCUT2D eigenvalue weighted by atomic mass is 10.0. The Morgan fingerprint density at radius 2 is 2.12 bits per heavy atom. The van der Waals surface area contributed by atoms with Crippen molar-refractivity contribution in [2.75, 3.05) is 13.6 Å². The number of rotatable bonds is 4. The first kappa shape index (κ1) is 11.8. The highest BCUT2D eigenvalue weighted by Crippen LogP contribution is 2.28. The van der Waals surface area contributed by atoms with Crippen LogP contribution in [-0.2, 0) is 6.42 Å². The van der Waals surface area contributed by atoms with Gasteiger partial charge in [0.05, 0.1) is 5.69 Å². The van der Waals surface area contributed by atoms with Crippen molar-refractivity contribution >= 4 is 0 Å². The third-order valence-corrected chi connectivity index (χ3v) is 2.78. The van der Waals surface area contributed by atoms with Crippen molar-refractivity contribution in [1.82, 2.24) is 15.5 Å². The number of likely N-dealkylation sites (N-methyl/N-ethyl adjacent to an activating group) is 1. The standard InChI is InChI=1S/C13H16FN3/c1-9-13(10-5-3-4-6-11(10)14)12(17-16-9)7-8-15-2/h3-6,15H,7-8H2,1-2H3,(H,16,17). The van der Waals surface area contributed by atoms with Gasteiger partial charge in [-0.05, 0) is 20.0 Å². The number of nitrogens with zero attached hydrogens (tertiary/aromatic N) is 1. The molecule has 0 aliphatic heterocycles. The van der Waals surface area contributed by atoms with E-state index in [1.165, 1.54) is 6.07 Å². The molecule has 0 aliphatic rings. The number of hydrogen-bond acceptors (Lipinski definition) is 2. The van der Waals surface area contributed by atoms with E-state index in [1.807, 2.05) is 20.0 Å². The first-order chi connectivity index (χ1) is 8.24. The second kappa shape index (κ2) is 5.10. The predicted octanol–water partition coefficient (Wildman–Crippen LogP) is 2.29. The minimum absolute atomic E-state index is 0.206. The predicted molar refractivity (Wildman–Crippen MR) is 66.3 cm³/mol. The van der Waals surface area contributed by atoms with Crippen LogP contribution in [0.5, 0.6) is 0 Å². The Kier molecular flexibility index (Phi) is 3.54. The summed E-state index contributed by atoms with van der Waals surface area (Å²) in [4.78, 5) is 0. The summed E-state index contributed by atoms with van der Waals surface area (Å²) in [7, 11) is 1.89. The molecular weight excluding hydrogens is 217 g/mol. The van der Waals surface area contributed by atoms with Crippen LogP contribution in [0.4, 0.5) is 4.39 Å². The topological polar surface area (TPSA) is 40.7 Å². The lowest BCUT2D eigenvalue weighted by Gasteiger charge is -2.05. The molecule has 1 aromatic carbocycles. The zero-order chi connectivity index (χ0) is 12.3. The van der Waals surface area contributed by atoms with Crippen molar-refractivity contribution in [2.45, 2.75) is 13.3 Å². The van der Waals surface area contributed by atoms with Crippen LogP contribution in [0, 0.1) is 12.7 Å². The quantitative estimate of drug-likeness (QED) is 0.850. The van der Waals surface area contributed by atoms with Crippen molar-refractivity contribution in [3.8, 4) is 11.1 Å². The Hall–Kier alpha value is -1.68. The fraction of sp³-hybridized carbons (Fsp3) is 0.308. The molecule has 1 heterocycles. The maximum absolute atomic E-state index is 13.8. The van der Waals surface area contributed by atoms with Crippen LogP contribution in [0.25, 0.3) is 11.1 Å². The lowest BCUT2D eigenvalue weighted by Crippen LogP contribution is -2.11. The molecule has 0 spiro atoms. The van der Waals surface area contributed by atoms with Crippen LogP contribution in [0.15, 0.2) is 24.3 Å². The minimum atomic E-state index is -0.206. The number of aromatic amines is 1. The van der Waals surface area contributed by atoms with E-state index < -0.39 is 0 Å². The van der Waals surface area contributed by atoms with E-state index in [0.717, 1.165) is 29.9 Å². The second-order valence-electron chi connectivity index (χ2n) is 4.00. The smallest absolute Gasteiger partial charge is 0.131 e. The molecule has 90 valence electrons. The molecule has 0 bridgehead atoms. The summed E-state index contributed by atoms with van der Waals surface area (Å²) >= 11 is 0. The van der Waals surface area contributed by atoms with Gasteiger partial charge in [-0.15, -0.1) is 0 Å². The molecule has 2 aromatic rings. The number of H-pyrrole nitrogens is 1. The van der Waals surface area contributed by atoms with Gasteiger partial charge in [-0.25, -0.2) is 4.39 Å². The van der Waals surface area contributed by atoms with E-state index in [0.29, 0.717) is 5.56 Å². The highest BCUT2D eigenvalue weighted by molar-refractivity contribution is 5.69. The van der Waals surface area contributed by atoms with Crippen molar-refractivity contribution in [1.29, 1.82) is 0 Å². The van der Waals surface area contributed by atoms with E-state index >= 15 is 0 Å². The van der Waals surface area contributed by atoms with Gasteiger partial charge in [0.2, 0.25) is 0 Å². The Bertz CT molecular complexity index is 505. The van der Waals surface area contributed by atoms with Gasteiger partial charge in [0.15, 0.2) is 0 Å². The van der Waals surface area contributed by atoms with Crippen molar-refractivity contribution < 1.29 is 4.39 Å². The first-order valence-electron chi connectivity index (χ1n) is 5.67. The van der Waals surface area contributed by atoms with Crippen LogP contribution in [-0.4, -0.2) is 23.8 Å². The largest absolute Gasteiger partial charge is 0.319 e. The van der Waals surface area contributed by atoms with E-state index in [9.17, 15) is 4.39 Å². The summed E-state index contributed by atoms with van der Waals surface area (Å²) in [6, 6.07) is 6.80. The van der Waals surface area contributed by atoms with Crippen molar-refractivity contribution in [2.24, 2.45) is 0 Å². The van der Waals surface area contributed by atoms with Crippen LogP contribution in [0.3, 0.4) is 0 Å². The molecule has 4 heteroatoms. The monoisotopic (exact) mass is 233 g/mol. The van der Waals surface area contributed by atoms with Gasteiger partial charge >= 0.3 is 0 Å². The first-order valence-corrected chi connectivity index (χ1v) is 5.67. The van der Waals surface area contributed by atoms with Crippen LogP contribution in [0.2, 0.25) is 0 Å². The summed E-state index contributed by atoms with van der Waals surface area (Å²) < 4.78 is 13.8. The molecule has 0 amide bonds. The van der Waals surface area contributed by atoms with Crippen molar-refractivity contribution in [3.05, 3.63) is 41.5 Å². The zero-order valence-corrected chi connectivity index (χ0v) is 10.0. The number of halogens is 1. The number of aromatic nitrogens is 2. The average molecular weight is 233 g/mol. The normalized spacial score (nSPS) is 10.8. The summed E-state index contributed by atoms with van der Waals surface area (Å²) in [6.45, 7) is 2.74. The maximum atomic E-state index is 13.8. The minimum Gasteiger partial charge on any atom is -0.319 e. The van der Waals surface area contributed by atoms with Gasteiger partial charge < -0.3 is 5.32 Å². The molecular formula is C13H16FN3. The van der Waals surface area contributed by atoms with Crippen LogP contribution < -0.4 is 5.32 Å². The van der Waals surface area contributed by atoms with Gasteiger partial charge in [-0.3, -0.25) is 5.10 Å². The third-order valence-electron chi connectivity index (χ3n) is 2.78.